The summed E-state index contributed by atoms with van der Waals surface area (Å²) in [6, 6.07) is 36.6. The molecule has 0 atom stereocenters. The van der Waals surface area contributed by atoms with E-state index in [1.165, 1.54) is 22.8 Å². The topological polar surface area (TPSA) is 45.3 Å². The minimum Gasteiger partial charge on any atom is -0.466 e. The number of rotatable bonds is 28. The average molecular weight is 994 g/mol. The van der Waals surface area contributed by atoms with Gasteiger partial charge in [0, 0.05) is 140 Å². The molecule has 0 N–H and O–H groups in total. The van der Waals surface area contributed by atoms with E-state index in [9.17, 15) is 4.79 Å². The molecule has 1 aliphatic carbocycles. The average Bonchev–Trinajstić information content (AvgIpc) is 3.32. The van der Waals surface area contributed by atoms with E-state index in [1.54, 1.807) is 0 Å². The molecule has 0 spiro atoms. The molecule has 0 heterocycles. The van der Waals surface area contributed by atoms with Crippen molar-refractivity contribution in [2.45, 2.75) is 123 Å². The summed E-state index contributed by atoms with van der Waals surface area (Å²) < 4.78 is 10.5. The van der Waals surface area contributed by atoms with E-state index in [4.69, 9.17) is 4.74 Å². The normalized spacial score (nSPS) is 12.6. The lowest BCUT2D eigenvalue weighted by atomic mass is 10.1. The summed E-state index contributed by atoms with van der Waals surface area (Å²) in [6.45, 7) is 42.5. The molecule has 8 heteroatoms. The van der Waals surface area contributed by atoms with Gasteiger partial charge in [0.1, 0.15) is 13.1 Å². The molecule has 0 fully saturated rings. The lowest BCUT2D eigenvalue weighted by molar-refractivity contribution is -0.538. The SMILES string of the molecule is CCCC(=O)OCCCN(CC(C)C)c1ccc([N+](=C2C=CC(=[N+](CC(C)C)CC(C)C)C=C2)c2ccc(N(c3ccc(N(CC(C)C)CC(C)C)cc3)c3ccc(N(CC(C)C)CC(C)C)cc3)cc2)cc1. The molecule has 4 aromatic carbocycles. The quantitative estimate of drug-likeness (QED) is 0.0245. The second-order valence-electron chi connectivity index (χ2n) is 23.5. The van der Waals surface area contributed by atoms with Gasteiger partial charge in [-0.2, -0.15) is 4.58 Å². The molecule has 4 aromatic rings. The van der Waals surface area contributed by atoms with E-state index >= 15 is 0 Å². The van der Waals surface area contributed by atoms with Crippen molar-refractivity contribution in [3.05, 3.63) is 121 Å². The Morgan fingerprint density at radius 1 is 0.438 bits per heavy atom. The number of carbonyl (C=O) groups is 1. The highest BCUT2D eigenvalue weighted by molar-refractivity contribution is 6.18. The molecule has 1 aliphatic rings. The molecule has 5 rings (SSSR count). The molecule has 0 unspecified atom stereocenters. The van der Waals surface area contributed by atoms with Crippen molar-refractivity contribution in [1.29, 1.82) is 0 Å². The first-order valence-electron chi connectivity index (χ1n) is 28.1. The minimum atomic E-state index is -0.108. The number of nitrogens with zero attached hydrogens (tertiary/aromatic N) is 6. The number of carbonyl (C=O) groups excluding carboxylic acids is 1. The van der Waals surface area contributed by atoms with Crippen molar-refractivity contribution in [3.8, 4) is 0 Å². The third kappa shape index (κ3) is 18.4. The zero-order valence-corrected chi connectivity index (χ0v) is 48.1. The first-order chi connectivity index (χ1) is 34.8. The summed E-state index contributed by atoms with van der Waals surface area (Å²) in [4.78, 5) is 22.0. The van der Waals surface area contributed by atoms with Gasteiger partial charge in [-0.05, 0) is 115 Å². The number of benzene rings is 4. The highest BCUT2D eigenvalue weighted by Gasteiger charge is 2.25. The second-order valence-corrected chi connectivity index (χ2v) is 23.5. The number of hydrogen-bond donors (Lipinski definition) is 0. The van der Waals surface area contributed by atoms with Gasteiger partial charge in [0.05, 0.1) is 6.61 Å². The van der Waals surface area contributed by atoms with Crippen LogP contribution < -0.4 is 24.2 Å². The Kier molecular flexibility index (Phi) is 22.9. The van der Waals surface area contributed by atoms with Crippen LogP contribution in [0.1, 0.15) is 123 Å². The van der Waals surface area contributed by atoms with Crippen LogP contribution in [-0.4, -0.2) is 80.9 Å². The van der Waals surface area contributed by atoms with E-state index in [1.807, 2.05) is 6.92 Å². The summed E-state index contributed by atoms with van der Waals surface area (Å²) in [5.41, 5.74) is 11.6. The van der Waals surface area contributed by atoms with Gasteiger partial charge in [-0.15, -0.1) is 0 Å². The zero-order valence-electron chi connectivity index (χ0n) is 48.1. The predicted molar refractivity (Wildman–Crippen MR) is 318 cm³/mol. The zero-order chi connectivity index (χ0) is 53.2. The van der Waals surface area contributed by atoms with E-state index in [2.05, 4.69) is 247 Å². The highest BCUT2D eigenvalue weighted by atomic mass is 16.5. The van der Waals surface area contributed by atoms with Crippen molar-refractivity contribution in [2.24, 2.45) is 41.4 Å². The molecule has 0 radical (unpaired) electrons. The van der Waals surface area contributed by atoms with Crippen molar-refractivity contribution in [1.82, 2.24) is 4.58 Å². The molecule has 0 aliphatic heterocycles. The second kappa shape index (κ2) is 28.7. The monoisotopic (exact) mass is 993 g/mol. The number of allylic oxidation sites excluding steroid dienone is 4. The van der Waals surface area contributed by atoms with Crippen molar-refractivity contribution < 1.29 is 14.1 Å². The van der Waals surface area contributed by atoms with Crippen molar-refractivity contribution in [2.75, 3.05) is 78.6 Å². The van der Waals surface area contributed by atoms with Crippen LogP contribution in [0.5, 0.6) is 0 Å². The lowest BCUT2D eigenvalue weighted by Gasteiger charge is -2.31. The van der Waals surface area contributed by atoms with Gasteiger partial charge in [0.2, 0.25) is 17.1 Å². The van der Waals surface area contributed by atoms with E-state index < -0.39 is 0 Å². The molecule has 73 heavy (non-hydrogen) atoms. The number of hydrogen-bond acceptors (Lipinski definition) is 6. The number of ether oxygens (including phenoxy) is 1. The Balaban J connectivity index is 1.61. The van der Waals surface area contributed by atoms with Gasteiger partial charge < -0.3 is 24.3 Å². The first-order valence-corrected chi connectivity index (χ1v) is 28.1. The van der Waals surface area contributed by atoms with Crippen LogP contribution >= 0.6 is 0 Å². The highest BCUT2D eigenvalue weighted by Crippen LogP contribution is 2.38. The lowest BCUT2D eigenvalue weighted by Crippen LogP contribution is -2.31. The first kappa shape index (κ1) is 58.3. The van der Waals surface area contributed by atoms with Crippen LogP contribution in [0.4, 0.5) is 45.5 Å². The van der Waals surface area contributed by atoms with E-state index in [0.717, 1.165) is 99.3 Å². The Hall–Kier alpha value is -5.63. The Labute approximate surface area is 444 Å². The van der Waals surface area contributed by atoms with Gasteiger partial charge >= 0.3 is 5.97 Å². The molecule has 396 valence electrons. The summed E-state index contributed by atoms with van der Waals surface area (Å²) in [7, 11) is 0. The van der Waals surface area contributed by atoms with Crippen LogP contribution in [0.25, 0.3) is 0 Å². The third-order valence-electron chi connectivity index (χ3n) is 12.6. The standard InChI is InChI=1S/C65H96N6O2/c1-16-18-65(72)73-40-17-39-66(41-48(2)3)55-19-27-59(28-20-55)70(60-29-21-56(22-30-60)67(42-49(4)5)43-50(6)7)63-35-37-64(38-36-63)71(61-31-23-57(24-32-61)68(44-51(8)9)45-52(10)11)62-33-25-58(26-34-62)69(46-53(12)13)47-54(14)15/h19-38,48-54H,16-18,39-47H2,1-15H3/q+2. The molecule has 0 saturated heterocycles. The maximum Gasteiger partial charge on any atom is 0.305 e. The summed E-state index contributed by atoms with van der Waals surface area (Å²) in [5.74, 6) is 3.75. The van der Waals surface area contributed by atoms with Crippen LogP contribution in [0.2, 0.25) is 0 Å². The molecule has 0 aromatic heterocycles. The molecule has 8 nitrogen and oxygen atoms in total. The van der Waals surface area contributed by atoms with Crippen LogP contribution in [0, 0.1) is 41.4 Å². The molecular weight excluding hydrogens is 897 g/mol. The van der Waals surface area contributed by atoms with Gasteiger partial charge in [-0.3, -0.25) is 4.79 Å². The van der Waals surface area contributed by atoms with Crippen LogP contribution in [-0.2, 0) is 9.53 Å². The maximum absolute atomic E-state index is 12.1. The van der Waals surface area contributed by atoms with Crippen molar-refractivity contribution >= 4 is 62.9 Å². The fraction of sp³-hybridized carbons (Fsp3) is 0.523. The summed E-state index contributed by atoms with van der Waals surface area (Å²) in [5, 5.41) is 0. The fourth-order valence-corrected chi connectivity index (χ4v) is 9.88. The van der Waals surface area contributed by atoms with E-state index in [0.29, 0.717) is 54.5 Å². The van der Waals surface area contributed by atoms with E-state index in [-0.39, 0.29) is 5.97 Å². The molecular formula is C65H96N6O2+2. The van der Waals surface area contributed by atoms with Gasteiger partial charge in [0.25, 0.3) is 0 Å². The van der Waals surface area contributed by atoms with Gasteiger partial charge in [-0.1, -0.05) is 104 Å². The van der Waals surface area contributed by atoms with Gasteiger partial charge in [-0.25, -0.2) is 4.58 Å². The van der Waals surface area contributed by atoms with Gasteiger partial charge in [0.15, 0.2) is 5.71 Å². The summed E-state index contributed by atoms with van der Waals surface area (Å²) >= 11 is 0. The third-order valence-corrected chi connectivity index (χ3v) is 12.6. The van der Waals surface area contributed by atoms with Crippen LogP contribution in [0.3, 0.4) is 0 Å². The molecule has 0 saturated carbocycles. The summed E-state index contributed by atoms with van der Waals surface area (Å²) in [6.07, 6.45) is 11.2. The smallest absolute Gasteiger partial charge is 0.305 e. The maximum atomic E-state index is 12.1. The Bertz CT molecular complexity index is 2290. The van der Waals surface area contributed by atoms with Crippen LogP contribution in [0.15, 0.2) is 121 Å². The molecule has 0 amide bonds. The predicted octanol–water partition coefficient (Wildman–Crippen LogP) is 15.8. The Morgan fingerprint density at radius 3 is 1.14 bits per heavy atom. The number of esters is 1. The fourth-order valence-electron chi connectivity index (χ4n) is 9.88. The van der Waals surface area contributed by atoms with Crippen molar-refractivity contribution in [3.63, 3.8) is 0 Å². The largest absolute Gasteiger partial charge is 0.466 e. The molecule has 0 bridgehead atoms. The minimum absolute atomic E-state index is 0.108. The Morgan fingerprint density at radius 2 is 0.767 bits per heavy atom. The number of anilines is 6.